The highest BCUT2D eigenvalue weighted by atomic mass is 16.7. The average Bonchev–Trinajstić information content (AvgIpc) is 3.56. The van der Waals surface area contributed by atoms with Crippen molar-refractivity contribution in [1.29, 1.82) is 0 Å². The lowest BCUT2D eigenvalue weighted by Crippen LogP contribution is -2.26. The molecule has 1 fully saturated rings. The fraction of sp³-hybridized carbons (Fsp3) is 0.261. The Bertz CT molecular complexity index is 1160. The van der Waals surface area contributed by atoms with Crippen molar-refractivity contribution in [2.75, 3.05) is 25.3 Å². The Labute approximate surface area is 183 Å². The standard InChI is InChI=1S/C23H20N2O7/c1-28-18-5-3-17(4-6-18)25-11-15(9-22(25)26)23(27)29-12-16-10-20(32-24-16)14-2-7-19-21(8-14)31-13-30-19/h2-8,10,15H,9,11-13H2,1H3. The molecular weight excluding hydrogens is 416 g/mol. The molecule has 0 N–H and O–H groups in total. The molecule has 1 atom stereocenters. The Morgan fingerprint density at radius 2 is 1.94 bits per heavy atom. The highest BCUT2D eigenvalue weighted by molar-refractivity contribution is 5.99. The summed E-state index contributed by atoms with van der Waals surface area (Å²) in [7, 11) is 1.58. The molecule has 0 spiro atoms. The first-order valence-electron chi connectivity index (χ1n) is 10.1. The predicted octanol–water partition coefficient (Wildman–Crippen LogP) is 3.18. The van der Waals surface area contributed by atoms with Crippen molar-refractivity contribution in [2.24, 2.45) is 5.92 Å². The Hall–Kier alpha value is -4.01. The number of hydrogen-bond acceptors (Lipinski definition) is 8. The summed E-state index contributed by atoms with van der Waals surface area (Å²) in [5.74, 6) is 1.44. The predicted molar refractivity (Wildman–Crippen MR) is 111 cm³/mol. The van der Waals surface area contributed by atoms with E-state index >= 15 is 0 Å². The zero-order chi connectivity index (χ0) is 22.1. The van der Waals surface area contributed by atoms with Crippen LogP contribution in [0.5, 0.6) is 17.2 Å². The lowest BCUT2D eigenvalue weighted by Gasteiger charge is -2.16. The minimum Gasteiger partial charge on any atom is -0.497 e. The van der Waals surface area contributed by atoms with Crippen LogP contribution >= 0.6 is 0 Å². The van der Waals surface area contributed by atoms with Gasteiger partial charge in [0.1, 0.15) is 18.1 Å². The Morgan fingerprint density at radius 1 is 1.12 bits per heavy atom. The van der Waals surface area contributed by atoms with Gasteiger partial charge in [0.2, 0.25) is 12.7 Å². The molecule has 1 saturated heterocycles. The first-order chi connectivity index (χ1) is 15.6. The summed E-state index contributed by atoms with van der Waals surface area (Å²) in [6.45, 7) is 0.418. The van der Waals surface area contributed by atoms with Gasteiger partial charge in [-0.3, -0.25) is 9.59 Å². The van der Waals surface area contributed by atoms with Gasteiger partial charge < -0.3 is 28.4 Å². The summed E-state index contributed by atoms with van der Waals surface area (Å²) in [6, 6.07) is 14.3. The minimum atomic E-state index is -0.537. The molecule has 9 heteroatoms. The molecule has 1 unspecified atom stereocenters. The van der Waals surface area contributed by atoms with E-state index in [0.717, 1.165) is 11.3 Å². The molecule has 5 rings (SSSR count). The molecule has 0 radical (unpaired) electrons. The van der Waals surface area contributed by atoms with E-state index in [-0.39, 0.29) is 32.3 Å². The van der Waals surface area contributed by atoms with Crippen LogP contribution < -0.4 is 19.1 Å². The molecular formula is C23H20N2O7. The first-order valence-corrected chi connectivity index (χ1v) is 10.1. The highest BCUT2D eigenvalue weighted by Gasteiger charge is 2.36. The van der Waals surface area contributed by atoms with E-state index in [9.17, 15) is 9.59 Å². The van der Waals surface area contributed by atoms with Crippen molar-refractivity contribution in [3.63, 3.8) is 0 Å². The van der Waals surface area contributed by atoms with Crippen molar-refractivity contribution < 1.29 is 33.1 Å². The molecule has 2 aliphatic rings. The number of ether oxygens (including phenoxy) is 4. The maximum absolute atomic E-state index is 12.5. The van der Waals surface area contributed by atoms with Gasteiger partial charge in [0, 0.05) is 30.3 Å². The second-order valence-electron chi connectivity index (χ2n) is 7.46. The first kappa shape index (κ1) is 19.9. The molecule has 0 bridgehead atoms. The number of anilines is 1. The van der Waals surface area contributed by atoms with Crippen LogP contribution in [-0.4, -0.2) is 37.5 Å². The second-order valence-corrected chi connectivity index (χ2v) is 7.46. The molecule has 2 aliphatic heterocycles. The summed E-state index contributed by atoms with van der Waals surface area (Å²) in [5, 5.41) is 3.97. The van der Waals surface area contributed by atoms with Crippen LogP contribution in [0.15, 0.2) is 53.1 Å². The van der Waals surface area contributed by atoms with Crippen LogP contribution in [0.2, 0.25) is 0 Å². The third-order valence-corrected chi connectivity index (χ3v) is 5.42. The maximum Gasteiger partial charge on any atom is 0.311 e. The van der Waals surface area contributed by atoms with Gasteiger partial charge in [-0.25, -0.2) is 0 Å². The number of carbonyl (C=O) groups excluding carboxylic acids is 2. The van der Waals surface area contributed by atoms with Gasteiger partial charge in [-0.05, 0) is 42.5 Å². The second kappa shape index (κ2) is 8.26. The summed E-state index contributed by atoms with van der Waals surface area (Å²) in [6.07, 6.45) is 0.103. The molecule has 3 heterocycles. The number of hydrogen-bond donors (Lipinski definition) is 0. The van der Waals surface area contributed by atoms with E-state index < -0.39 is 11.9 Å². The topological polar surface area (TPSA) is 100 Å². The van der Waals surface area contributed by atoms with Crippen molar-refractivity contribution >= 4 is 17.6 Å². The van der Waals surface area contributed by atoms with Gasteiger partial charge in [0.05, 0.1) is 13.0 Å². The van der Waals surface area contributed by atoms with Crippen molar-refractivity contribution in [3.8, 4) is 28.6 Å². The summed E-state index contributed by atoms with van der Waals surface area (Å²) in [4.78, 5) is 26.5. The molecule has 1 aromatic heterocycles. The monoisotopic (exact) mass is 436 g/mol. The maximum atomic E-state index is 12.5. The van der Waals surface area contributed by atoms with Crippen LogP contribution in [-0.2, 0) is 20.9 Å². The summed E-state index contributed by atoms with van der Waals surface area (Å²) in [5.41, 5.74) is 1.97. The Kier molecular flexibility index (Phi) is 5.14. The number of nitrogens with zero attached hydrogens (tertiary/aromatic N) is 2. The quantitative estimate of drug-likeness (QED) is 0.543. The molecule has 0 aliphatic carbocycles. The highest BCUT2D eigenvalue weighted by Crippen LogP contribution is 2.36. The number of rotatable bonds is 6. The fourth-order valence-electron chi connectivity index (χ4n) is 3.71. The number of amides is 1. The number of carbonyl (C=O) groups is 2. The molecule has 164 valence electrons. The van der Waals surface area contributed by atoms with Gasteiger partial charge >= 0.3 is 5.97 Å². The van der Waals surface area contributed by atoms with Crippen molar-refractivity contribution in [1.82, 2.24) is 5.16 Å². The molecule has 0 saturated carbocycles. The SMILES string of the molecule is COc1ccc(N2CC(C(=O)OCc3cc(-c4ccc5c(c4)OCO5)on3)CC2=O)cc1. The normalized spacial score (nSPS) is 17.0. The molecule has 32 heavy (non-hydrogen) atoms. The van der Waals surface area contributed by atoms with E-state index in [4.69, 9.17) is 23.5 Å². The van der Waals surface area contributed by atoms with Gasteiger partial charge in [0.25, 0.3) is 0 Å². The summed E-state index contributed by atoms with van der Waals surface area (Å²) < 4.78 is 26.6. The van der Waals surface area contributed by atoms with Gasteiger partial charge in [-0.15, -0.1) is 0 Å². The number of esters is 1. The third kappa shape index (κ3) is 3.84. The molecule has 3 aromatic rings. The smallest absolute Gasteiger partial charge is 0.311 e. The van der Waals surface area contributed by atoms with Crippen LogP contribution in [0.1, 0.15) is 12.1 Å². The van der Waals surface area contributed by atoms with Crippen molar-refractivity contribution in [2.45, 2.75) is 13.0 Å². The van der Waals surface area contributed by atoms with E-state index in [1.165, 1.54) is 0 Å². The zero-order valence-corrected chi connectivity index (χ0v) is 17.3. The number of benzene rings is 2. The number of fused-ring (bicyclic) bond motifs is 1. The molecule has 1 amide bonds. The molecule has 9 nitrogen and oxygen atoms in total. The van der Waals surface area contributed by atoms with Crippen LogP contribution in [0.3, 0.4) is 0 Å². The lowest BCUT2D eigenvalue weighted by atomic mass is 10.1. The van der Waals surface area contributed by atoms with Gasteiger partial charge in [-0.2, -0.15) is 0 Å². The van der Waals surface area contributed by atoms with E-state index in [2.05, 4.69) is 5.16 Å². The van der Waals surface area contributed by atoms with E-state index in [1.54, 1.807) is 54.5 Å². The largest absolute Gasteiger partial charge is 0.497 e. The minimum absolute atomic E-state index is 0.0416. The molecule has 2 aromatic carbocycles. The van der Waals surface area contributed by atoms with Crippen LogP contribution in [0.4, 0.5) is 5.69 Å². The van der Waals surface area contributed by atoms with Crippen molar-refractivity contribution in [3.05, 3.63) is 54.2 Å². The Balaban J connectivity index is 1.19. The average molecular weight is 436 g/mol. The van der Waals surface area contributed by atoms with Gasteiger partial charge in [0.15, 0.2) is 17.3 Å². The lowest BCUT2D eigenvalue weighted by molar-refractivity contribution is -0.149. The van der Waals surface area contributed by atoms with E-state index in [0.29, 0.717) is 28.7 Å². The van der Waals surface area contributed by atoms with Crippen LogP contribution in [0.25, 0.3) is 11.3 Å². The number of aromatic nitrogens is 1. The van der Waals surface area contributed by atoms with Gasteiger partial charge in [-0.1, -0.05) is 5.16 Å². The summed E-state index contributed by atoms with van der Waals surface area (Å²) >= 11 is 0. The number of methoxy groups -OCH3 is 1. The Morgan fingerprint density at radius 3 is 2.75 bits per heavy atom. The third-order valence-electron chi connectivity index (χ3n) is 5.42. The fourth-order valence-corrected chi connectivity index (χ4v) is 3.71. The zero-order valence-electron chi connectivity index (χ0n) is 17.3. The van der Waals surface area contributed by atoms with E-state index in [1.807, 2.05) is 6.07 Å². The van der Waals surface area contributed by atoms with Crippen LogP contribution in [0, 0.1) is 5.92 Å².